The summed E-state index contributed by atoms with van der Waals surface area (Å²) in [6.45, 7) is -1.36. The van der Waals surface area contributed by atoms with E-state index >= 15 is 0 Å². The number of hydrazine groups is 1. The molecular formula is C4H8N6O7. The fourth-order valence-electron chi connectivity index (χ4n) is 0.907. The second-order valence-electron chi connectivity index (χ2n) is 2.82. The normalized spacial score (nSPS) is 12.0. The van der Waals surface area contributed by atoms with Gasteiger partial charge in [-0.05, 0) is 5.11 Å². The van der Waals surface area contributed by atoms with Gasteiger partial charge in [0.15, 0.2) is 14.9 Å². The van der Waals surface area contributed by atoms with Gasteiger partial charge in [-0.2, -0.15) is 0 Å². The molecular weight excluding hydrogens is 244 g/mol. The third kappa shape index (κ3) is 2.50. The van der Waals surface area contributed by atoms with Gasteiger partial charge < -0.3 is 5.21 Å². The van der Waals surface area contributed by atoms with Crippen LogP contribution in [0.1, 0.15) is 0 Å². The van der Waals surface area contributed by atoms with E-state index in [4.69, 9.17) is 0 Å². The van der Waals surface area contributed by atoms with Crippen molar-refractivity contribution < 1.29 is 19.7 Å². The number of rotatable bonds is 6. The molecule has 0 rings (SSSR count). The van der Waals surface area contributed by atoms with Crippen molar-refractivity contribution >= 4 is 0 Å². The molecule has 13 nitrogen and oxygen atoms in total. The predicted molar refractivity (Wildman–Crippen MR) is 48.3 cm³/mol. The van der Waals surface area contributed by atoms with Crippen LogP contribution in [0.15, 0.2) is 5.11 Å². The van der Waals surface area contributed by atoms with Crippen molar-refractivity contribution in [2.45, 2.75) is 5.79 Å². The minimum atomic E-state index is -3.45. The van der Waals surface area contributed by atoms with Crippen LogP contribution < -0.4 is 0 Å². The summed E-state index contributed by atoms with van der Waals surface area (Å²) < 4.78 is 0. The Morgan fingerprint density at radius 3 is 1.76 bits per heavy atom. The van der Waals surface area contributed by atoms with Crippen LogP contribution in [-0.2, 0) is 0 Å². The van der Waals surface area contributed by atoms with Gasteiger partial charge >= 0.3 is 5.79 Å². The van der Waals surface area contributed by atoms with E-state index in [0.717, 1.165) is 14.1 Å². The fourth-order valence-corrected chi connectivity index (χ4v) is 0.907. The Balaban J connectivity index is 5.59. The molecule has 0 aliphatic carbocycles. The standard InChI is InChI=1S/C4H8N6O7/c1-5-7(11)4(8(12)13,9(14)15)3-6(2)10(16)17/h3H2,1-2H3. The molecule has 0 aromatic carbocycles. The molecule has 17 heavy (non-hydrogen) atoms. The first-order valence-corrected chi connectivity index (χ1v) is 3.91. The summed E-state index contributed by atoms with van der Waals surface area (Å²) in [4.78, 5) is 27.7. The maximum atomic E-state index is 11.1. The summed E-state index contributed by atoms with van der Waals surface area (Å²) in [6.07, 6.45) is 0. The largest absolute Gasteiger partial charge is 0.704 e. The molecule has 0 saturated heterocycles. The van der Waals surface area contributed by atoms with Gasteiger partial charge in [0.05, 0.1) is 19.0 Å². The molecule has 0 aliphatic heterocycles. The molecule has 0 bridgehead atoms. The van der Waals surface area contributed by atoms with E-state index in [2.05, 4.69) is 5.11 Å². The second kappa shape index (κ2) is 4.95. The van der Waals surface area contributed by atoms with E-state index in [1.807, 2.05) is 0 Å². The van der Waals surface area contributed by atoms with Crippen LogP contribution in [0, 0.1) is 35.6 Å². The molecule has 0 heterocycles. The van der Waals surface area contributed by atoms with Crippen LogP contribution in [0.4, 0.5) is 0 Å². The van der Waals surface area contributed by atoms with E-state index in [-0.39, 0.29) is 5.01 Å². The van der Waals surface area contributed by atoms with Crippen LogP contribution in [0.25, 0.3) is 0 Å². The number of hydroxylamine groups is 1. The lowest BCUT2D eigenvalue weighted by Crippen LogP contribution is -2.60. The van der Waals surface area contributed by atoms with Crippen molar-refractivity contribution in [3.63, 3.8) is 0 Å². The Labute approximate surface area is 92.9 Å². The molecule has 0 radical (unpaired) electrons. The lowest BCUT2D eigenvalue weighted by molar-refractivity contribution is -0.984. The highest BCUT2D eigenvalue weighted by Crippen LogP contribution is 2.14. The third-order valence-electron chi connectivity index (χ3n) is 1.79. The summed E-state index contributed by atoms with van der Waals surface area (Å²) in [5, 5.41) is 44.3. The lowest BCUT2D eigenvalue weighted by Gasteiger charge is -2.14. The molecule has 0 spiro atoms. The number of nitro groups is 3. The molecule has 0 unspecified atom stereocenters. The van der Waals surface area contributed by atoms with Crippen LogP contribution >= 0.6 is 0 Å². The smallest absolute Gasteiger partial charge is 0.589 e. The van der Waals surface area contributed by atoms with Crippen LogP contribution in [0.3, 0.4) is 0 Å². The molecule has 0 aliphatic rings. The first kappa shape index (κ1) is 14.4. The zero-order valence-corrected chi connectivity index (χ0v) is 8.75. The van der Waals surface area contributed by atoms with E-state index < -0.39 is 32.1 Å². The van der Waals surface area contributed by atoms with Crippen molar-refractivity contribution in [3.8, 4) is 0 Å². The van der Waals surface area contributed by atoms with E-state index in [1.54, 1.807) is 0 Å². The SMILES string of the molecule is CN=[N+]([O-])C(CN(C)[N+](=O)[O-])([N+](=O)[O-])[N+](=O)[O-]. The Hall–Kier alpha value is -2.60. The van der Waals surface area contributed by atoms with Crippen molar-refractivity contribution in [3.05, 3.63) is 35.6 Å². The van der Waals surface area contributed by atoms with E-state index in [0.29, 0.717) is 0 Å². The van der Waals surface area contributed by atoms with Gasteiger partial charge in [0.1, 0.15) is 0 Å². The monoisotopic (exact) mass is 252 g/mol. The Morgan fingerprint density at radius 2 is 1.53 bits per heavy atom. The summed E-state index contributed by atoms with van der Waals surface area (Å²) in [7, 11) is 1.55. The van der Waals surface area contributed by atoms with Gasteiger partial charge in [0.25, 0.3) is 6.54 Å². The molecule has 0 amide bonds. The van der Waals surface area contributed by atoms with E-state index in [9.17, 15) is 35.6 Å². The van der Waals surface area contributed by atoms with Crippen molar-refractivity contribution in [2.24, 2.45) is 5.11 Å². The predicted octanol–water partition coefficient (Wildman–Crippen LogP) is -1.09. The number of hydrogen-bond donors (Lipinski definition) is 0. The first-order chi connectivity index (χ1) is 7.70. The van der Waals surface area contributed by atoms with E-state index in [1.165, 1.54) is 0 Å². The third-order valence-corrected chi connectivity index (χ3v) is 1.79. The lowest BCUT2D eigenvalue weighted by atomic mass is 10.4. The molecule has 0 aromatic heterocycles. The molecule has 96 valence electrons. The molecule has 0 N–H and O–H groups in total. The average Bonchev–Trinajstić information content (AvgIpc) is 2.23. The zero-order valence-electron chi connectivity index (χ0n) is 8.75. The van der Waals surface area contributed by atoms with Crippen LogP contribution in [0.2, 0.25) is 0 Å². The van der Waals surface area contributed by atoms with Crippen molar-refractivity contribution in [1.29, 1.82) is 0 Å². The summed E-state index contributed by atoms with van der Waals surface area (Å²) in [5.74, 6) is -3.45. The molecule has 0 atom stereocenters. The fraction of sp³-hybridized carbons (Fsp3) is 1.00. The maximum Gasteiger partial charge on any atom is 0.704 e. The molecule has 0 saturated carbocycles. The summed E-state index contributed by atoms with van der Waals surface area (Å²) in [6, 6.07) is 0. The Morgan fingerprint density at radius 1 is 1.12 bits per heavy atom. The van der Waals surface area contributed by atoms with Gasteiger partial charge in [-0.1, -0.05) is 0 Å². The number of nitrogens with zero attached hydrogens (tertiary/aromatic N) is 6. The molecule has 0 fully saturated rings. The highest BCUT2D eigenvalue weighted by atomic mass is 16.7. The minimum absolute atomic E-state index is 0.0572. The van der Waals surface area contributed by atoms with Crippen molar-refractivity contribution in [1.82, 2.24) is 5.01 Å². The number of azo groups is 1. The van der Waals surface area contributed by atoms with Gasteiger partial charge in [-0.25, -0.2) is 10.1 Å². The highest BCUT2D eigenvalue weighted by Gasteiger charge is 2.70. The number of likely N-dealkylation sites (N-methyl/N-ethyl adjacent to an activating group) is 1. The van der Waals surface area contributed by atoms with Gasteiger partial charge in [-0.15, -0.1) is 5.01 Å². The van der Waals surface area contributed by atoms with Crippen LogP contribution in [-0.4, -0.2) is 51.2 Å². The summed E-state index contributed by atoms with van der Waals surface area (Å²) >= 11 is 0. The Bertz CT molecular complexity index is 365. The van der Waals surface area contributed by atoms with Gasteiger partial charge in [0.2, 0.25) is 0 Å². The Kier molecular flexibility index (Phi) is 4.19. The van der Waals surface area contributed by atoms with Crippen LogP contribution in [0.5, 0.6) is 0 Å². The molecule has 0 aromatic rings. The van der Waals surface area contributed by atoms with Gasteiger partial charge in [-0.3, -0.25) is 20.2 Å². The van der Waals surface area contributed by atoms with Crippen molar-refractivity contribution in [2.75, 3.05) is 20.6 Å². The maximum absolute atomic E-state index is 11.1. The topological polar surface area (TPSA) is 171 Å². The van der Waals surface area contributed by atoms with Gasteiger partial charge in [0, 0.05) is 0 Å². The summed E-state index contributed by atoms with van der Waals surface area (Å²) in [5.41, 5.74) is 0. The first-order valence-electron chi connectivity index (χ1n) is 3.91. The minimum Gasteiger partial charge on any atom is -0.589 e. The highest BCUT2D eigenvalue weighted by molar-refractivity contribution is 4.54. The quantitative estimate of drug-likeness (QED) is 0.188. The number of hydrogen-bond acceptors (Lipinski definition) is 8. The zero-order chi connectivity index (χ0) is 13.8. The average molecular weight is 252 g/mol. The second-order valence-corrected chi connectivity index (χ2v) is 2.82. The molecule has 13 heteroatoms.